The van der Waals surface area contributed by atoms with E-state index in [0.717, 1.165) is 21.9 Å². The summed E-state index contributed by atoms with van der Waals surface area (Å²) >= 11 is 0. The zero-order valence-electron chi connectivity index (χ0n) is 17.5. The van der Waals surface area contributed by atoms with Gasteiger partial charge in [0.05, 0.1) is 26.4 Å². The molecule has 4 heterocycles. The van der Waals surface area contributed by atoms with Crippen LogP contribution in [0.25, 0.3) is 43.8 Å². The predicted molar refractivity (Wildman–Crippen MR) is 125 cm³/mol. The van der Waals surface area contributed by atoms with Gasteiger partial charge in [-0.3, -0.25) is 9.97 Å². The molecule has 0 amide bonds. The molecular formula is C28H20N2O2. The Hall–Kier alpha value is -3.60. The van der Waals surface area contributed by atoms with Gasteiger partial charge in [-0.05, 0) is 44.2 Å². The summed E-state index contributed by atoms with van der Waals surface area (Å²) in [5.74, 6) is 0. The van der Waals surface area contributed by atoms with E-state index in [4.69, 9.17) is 9.47 Å². The first-order valence-corrected chi connectivity index (χ1v) is 10.9. The second-order valence-electron chi connectivity index (χ2n) is 8.47. The van der Waals surface area contributed by atoms with Crippen molar-refractivity contribution >= 4 is 21.5 Å². The predicted octanol–water partition coefficient (Wildman–Crippen LogP) is 6.18. The Morgan fingerprint density at radius 3 is 1.44 bits per heavy atom. The average Bonchev–Trinajstić information content (AvgIpc) is 3.52. The van der Waals surface area contributed by atoms with E-state index in [1.807, 2.05) is 24.8 Å². The normalized spacial score (nSPS) is 14.8. The smallest absolute Gasteiger partial charge is 0.0731 e. The highest BCUT2D eigenvalue weighted by Crippen LogP contribution is 2.48. The molecule has 2 aliphatic heterocycles. The van der Waals surface area contributed by atoms with E-state index in [2.05, 4.69) is 58.5 Å². The number of hydrogen-bond donors (Lipinski definition) is 0. The lowest BCUT2D eigenvalue weighted by Gasteiger charge is -2.21. The van der Waals surface area contributed by atoms with E-state index in [1.165, 1.54) is 44.2 Å². The van der Waals surface area contributed by atoms with Gasteiger partial charge in [-0.25, -0.2) is 0 Å². The molecule has 2 aliphatic rings. The Morgan fingerprint density at radius 2 is 0.938 bits per heavy atom. The van der Waals surface area contributed by atoms with Crippen molar-refractivity contribution in [1.82, 2.24) is 9.97 Å². The number of benzene rings is 3. The Labute approximate surface area is 185 Å². The largest absolute Gasteiger partial charge is 0.372 e. The third-order valence-corrected chi connectivity index (χ3v) is 6.81. The molecule has 4 heteroatoms. The molecule has 4 nitrogen and oxygen atoms in total. The maximum Gasteiger partial charge on any atom is 0.0731 e. The Kier molecular flexibility index (Phi) is 3.92. The van der Waals surface area contributed by atoms with Crippen molar-refractivity contribution in [2.24, 2.45) is 0 Å². The molecule has 0 atom stereocenters. The number of pyridine rings is 2. The number of fused-ring (bicyclic) bond motifs is 5. The maximum absolute atomic E-state index is 6.00. The Balaban J connectivity index is 1.67. The zero-order chi connectivity index (χ0) is 21.1. The minimum absolute atomic E-state index is 0.604. The highest BCUT2D eigenvalue weighted by atomic mass is 16.5. The van der Waals surface area contributed by atoms with Gasteiger partial charge in [0.1, 0.15) is 0 Å². The maximum atomic E-state index is 6.00. The van der Waals surface area contributed by atoms with Crippen molar-refractivity contribution in [1.29, 1.82) is 0 Å². The van der Waals surface area contributed by atoms with E-state index in [0.29, 0.717) is 26.4 Å². The van der Waals surface area contributed by atoms with Gasteiger partial charge in [-0.1, -0.05) is 48.5 Å². The molecule has 0 bridgehead atoms. The molecule has 7 rings (SSSR count). The molecule has 5 aromatic rings. The molecule has 0 radical (unpaired) electrons. The van der Waals surface area contributed by atoms with Gasteiger partial charge >= 0.3 is 0 Å². The molecule has 0 fully saturated rings. The molecule has 32 heavy (non-hydrogen) atoms. The molecule has 0 aliphatic carbocycles. The number of nitrogens with zero attached hydrogens (tertiary/aromatic N) is 2. The van der Waals surface area contributed by atoms with Crippen LogP contribution >= 0.6 is 0 Å². The van der Waals surface area contributed by atoms with Crippen LogP contribution in [0, 0.1) is 0 Å². The first kappa shape index (κ1) is 18.0. The first-order chi connectivity index (χ1) is 15.9. The summed E-state index contributed by atoms with van der Waals surface area (Å²) in [7, 11) is 0. The van der Waals surface area contributed by atoms with E-state index in [9.17, 15) is 0 Å². The van der Waals surface area contributed by atoms with E-state index in [-0.39, 0.29) is 0 Å². The van der Waals surface area contributed by atoms with Crippen molar-refractivity contribution in [3.8, 4) is 22.3 Å². The van der Waals surface area contributed by atoms with Gasteiger partial charge in [0, 0.05) is 46.7 Å². The van der Waals surface area contributed by atoms with E-state index >= 15 is 0 Å². The molecule has 0 spiro atoms. The quantitative estimate of drug-likeness (QED) is 0.345. The van der Waals surface area contributed by atoms with Crippen molar-refractivity contribution in [3.05, 3.63) is 95.6 Å². The van der Waals surface area contributed by atoms with Crippen LogP contribution in [-0.2, 0) is 35.9 Å². The molecule has 0 saturated heterocycles. The number of ether oxygens (including phenoxy) is 2. The van der Waals surface area contributed by atoms with Gasteiger partial charge in [-0.15, -0.1) is 0 Å². The summed E-state index contributed by atoms with van der Waals surface area (Å²) in [4.78, 5) is 9.24. The summed E-state index contributed by atoms with van der Waals surface area (Å²) < 4.78 is 12.0. The van der Waals surface area contributed by atoms with Gasteiger partial charge in [-0.2, -0.15) is 0 Å². The summed E-state index contributed by atoms with van der Waals surface area (Å²) in [5.41, 5.74) is 9.80. The van der Waals surface area contributed by atoms with E-state index in [1.54, 1.807) is 0 Å². The molecule has 0 unspecified atom stereocenters. The van der Waals surface area contributed by atoms with Crippen LogP contribution < -0.4 is 0 Å². The Bertz CT molecular complexity index is 1410. The minimum atomic E-state index is 0.604. The standard InChI is InChI=1S/C28H20N2O2/c1-3-7-19-17(5-1)9-29-11-21(19)27-25-15-31-13-23(25)24-14-32-16-26(24)28(27)22-12-30-10-18-6-2-4-8-20(18)22/h1-12H,13-16H2. The van der Waals surface area contributed by atoms with E-state index < -0.39 is 0 Å². The van der Waals surface area contributed by atoms with Crippen LogP contribution in [0.1, 0.15) is 22.3 Å². The summed E-state index contributed by atoms with van der Waals surface area (Å²) in [6.07, 6.45) is 7.87. The van der Waals surface area contributed by atoms with Crippen LogP contribution in [0.2, 0.25) is 0 Å². The fourth-order valence-electron chi connectivity index (χ4n) is 5.37. The molecular weight excluding hydrogens is 396 g/mol. The molecule has 154 valence electrons. The highest BCUT2D eigenvalue weighted by Gasteiger charge is 2.32. The Morgan fingerprint density at radius 1 is 0.500 bits per heavy atom. The van der Waals surface area contributed by atoms with Gasteiger partial charge in [0.2, 0.25) is 0 Å². The lowest BCUT2D eigenvalue weighted by molar-refractivity contribution is 0.126. The summed E-state index contributed by atoms with van der Waals surface area (Å²) in [6.45, 7) is 2.49. The van der Waals surface area contributed by atoms with Crippen LogP contribution in [0.15, 0.2) is 73.3 Å². The van der Waals surface area contributed by atoms with Crippen molar-refractivity contribution in [3.63, 3.8) is 0 Å². The first-order valence-electron chi connectivity index (χ1n) is 10.9. The lowest BCUT2D eigenvalue weighted by atomic mass is 9.81. The topological polar surface area (TPSA) is 44.2 Å². The van der Waals surface area contributed by atoms with Crippen molar-refractivity contribution in [2.45, 2.75) is 26.4 Å². The fraction of sp³-hybridized carbons (Fsp3) is 0.143. The molecule has 2 aromatic heterocycles. The molecule has 3 aromatic carbocycles. The molecule has 0 N–H and O–H groups in total. The minimum Gasteiger partial charge on any atom is -0.372 e. The van der Waals surface area contributed by atoms with Crippen LogP contribution in [0.5, 0.6) is 0 Å². The number of hydrogen-bond acceptors (Lipinski definition) is 4. The fourth-order valence-corrected chi connectivity index (χ4v) is 5.37. The van der Waals surface area contributed by atoms with Crippen molar-refractivity contribution in [2.75, 3.05) is 0 Å². The van der Waals surface area contributed by atoms with Gasteiger partial charge < -0.3 is 9.47 Å². The van der Waals surface area contributed by atoms with Gasteiger partial charge in [0.25, 0.3) is 0 Å². The summed E-state index contributed by atoms with van der Waals surface area (Å²) in [6, 6.07) is 16.9. The number of aromatic nitrogens is 2. The third-order valence-electron chi connectivity index (χ3n) is 6.81. The average molecular weight is 416 g/mol. The third kappa shape index (κ3) is 2.51. The van der Waals surface area contributed by atoms with Crippen molar-refractivity contribution < 1.29 is 9.47 Å². The lowest BCUT2D eigenvalue weighted by Crippen LogP contribution is -2.03. The zero-order valence-corrected chi connectivity index (χ0v) is 17.5. The second-order valence-corrected chi connectivity index (χ2v) is 8.47. The van der Waals surface area contributed by atoms with Crippen LogP contribution in [0.4, 0.5) is 0 Å². The van der Waals surface area contributed by atoms with Crippen LogP contribution in [-0.4, -0.2) is 9.97 Å². The highest BCUT2D eigenvalue weighted by molar-refractivity contribution is 6.06. The van der Waals surface area contributed by atoms with Crippen LogP contribution in [0.3, 0.4) is 0 Å². The summed E-state index contributed by atoms with van der Waals surface area (Å²) in [5, 5.41) is 4.67. The van der Waals surface area contributed by atoms with Gasteiger partial charge in [0.15, 0.2) is 0 Å². The number of rotatable bonds is 2. The monoisotopic (exact) mass is 416 g/mol. The SMILES string of the molecule is c1ccc2c(-c3c4c(c5c(c3-c3cncc6ccccc36)COC5)COC4)cncc2c1. The molecule has 0 saturated carbocycles. The second kappa shape index (κ2) is 6.95.